The summed E-state index contributed by atoms with van der Waals surface area (Å²) in [7, 11) is 4.07. The molecule has 0 radical (unpaired) electrons. The van der Waals surface area contributed by atoms with Gasteiger partial charge in [0.15, 0.2) is 5.96 Å². The highest BCUT2D eigenvalue weighted by Crippen LogP contribution is 2.22. The number of likely N-dealkylation sites (N-methyl/N-ethyl adjacent to an activating group) is 1. The van der Waals surface area contributed by atoms with Gasteiger partial charge >= 0.3 is 0 Å². The Morgan fingerprint density at radius 3 is 2.71 bits per heavy atom. The zero-order valence-corrected chi connectivity index (χ0v) is 16.2. The molecule has 3 rings (SSSR count). The van der Waals surface area contributed by atoms with Crippen LogP contribution in [0.5, 0.6) is 0 Å². The lowest BCUT2D eigenvalue weighted by Crippen LogP contribution is -2.48. The first kappa shape index (κ1) is 17.5. The highest BCUT2D eigenvalue weighted by atomic mass is 79.9. The van der Waals surface area contributed by atoms with Crippen LogP contribution in [0.25, 0.3) is 0 Å². The Morgan fingerprint density at radius 2 is 2.04 bits per heavy atom. The normalized spacial score (nSPS) is 25.3. The number of hydrogen-bond donors (Lipinski definition) is 2. The zero-order valence-electron chi connectivity index (χ0n) is 14.6. The second-order valence-corrected chi connectivity index (χ2v) is 7.70. The van der Waals surface area contributed by atoms with E-state index < -0.39 is 0 Å². The van der Waals surface area contributed by atoms with Crippen LogP contribution in [0.3, 0.4) is 0 Å². The fourth-order valence-electron chi connectivity index (χ4n) is 3.60. The number of hydrogen-bond acceptors (Lipinski definition) is 3. The van der Waals surface area contributed by atoms with Gasteiger partial charge in [0.2, 0.25) is 0 Å². The van der Waals surface area contributed by atoms with E-state index in [0.29, 0.717) is 12.1 Å². The lowest BCUT2D eigenvalue weighted by atomic mass is 10.2. The van der Waals surface area contributed by atoms with E-state index in [9.17, 15) is 0 Å². The second kappa shape index (κ2) is 8.21. The van der Waals surface area contributed by atoms with Gasteiger partial charge in [-0.15, -0.1) is 0 Å². The van der Waals surface area contributed by atoms with Gasteiger partial charge in [-0.05, 0) is 57.1 Å². The van der Waals surface area contributed by atoms with Crippen molar-refractivity contribution in [1.29, 1.82) is 0 Å². The molecule has 2 fully saturated rings. The van der Waals surface area contributed by atoms with Crippen molar-refractivity contribution in [3.05, 3.63) is 28.7 Å². The topological polar surface area (TPSA) is 42.9 Å². The quantitative estimate of drug-likeness (QED) is 0.608. The largest absolute Gasteiger partial charge is 0.369 e. The molecule has 1 aromatic carbocycles. The van der Waals surface area contributed by atoms with Crippen LogP contribution >= 0.6 is 15.9 Å². The Labute approximate surface area is 153 Å². The van der Waals surface area contributed by atoms with Crippen molar-refractivity contribution in [2.75, 3.05) is 45.2 Å². The lowest BCUT2D eigenvalue weighted by molar-refractivity contribution is 0.309. The van der Waals surface area contributed by atoms with E-state index in [2.05, 4.69) is 72.7 Å². The third kappa shape index (κ3) is 4.42. The first-order valence-corrected chi connectivity index (χ1v) is 9.63. The number of rotatable bonds is 4. The third-order valence-electron chi connectivity index (χ3n) is 5.12. The fraction of sp³-hybridized carbons (Fsp3) is 0.611. The monoisotopic (exact) mass is 393 g/mol. The van der Waals surface area contributed by atoms with Gasteiger partial charge in [0.05, 0.1) is 0 Å². The summed E-state index contributed by atoms with van der Waals surface area (Å²) in [6.45, 7) is 4.29. The van der Waals surface area contributed by atoms with E-state index in [0.717, 1.165) is 36.5 Å². The summed E-state index contributed by atoms with van der Waals surface area (Å²) in [5, 5.41) is 7.09. The van der Waals surface area contributed by atoms with Crippen LogP contribution < -0.4 is 15.5 Å². The molecule has 0 saturated carbocycles. The predicted octanol–water partition coefficient (Wildman–Crippen LogP) is 2.29. The summed E-state index contributed by atoms with van der Waals surface area (Å²) in [6.07, 6.45) is 3.72. The maximum Gasteiger partial charge on any atom is 0.191 e. The molecule has 2 heterocycles. The van der Waals surface area contributed by atoms with E-state index >= 15 is 0 Å². The van der Waals surface area contributed by atoms with E-state index in [4.69, 9.17) is 0 Å². The number of halogens is 1. The lowest BCUT2D eigenvalue weighted by Gasteiger charge is -2.23. The number of anilines is 1. The number of likely N-dealkylation sites (tertiary alicyclic amines) is 1. The van der Waals surface area contributed by atoms with Crippen molar-refractivity contribution in [3.63, 3.8) is 0 Å². The standard InChI is InChI=1S/C18H28BrN5/c1-20-18(21-12-17-4-3-10-23(17)2)22-15-9-11-24(13-15)16-7-5-14(19)6-8-16/h5-8,15,17H,3-4,9-13H2,1-2H3,(H2,20,21,22). The summed E-state index contributed by atoms with van der Waals surface area (Å²) in [5.74, 6) is 0.929. The minimum atomic E-state index is 0.446. The first-order chi connectivity index (χ1) is 11.7. The number of aliphatic imine (C=N–C) groups is 1. The summed E-state index contributed by atoms with van der Waals surface area (Å²) in [5.41, 5.74) is 1.29. The Kier molecular flexibility index (Phi) is 6.00. The van der Waals surface area contributed by atoms with Crippen molar-refractivity contribution in [1.82, 2.24) is 15.5 Å². The van der Waals surface area contributed by atoms with Crippen molar-refractivity contribution in [2.45, 2.75) is 31.3 Å². The van der Waals surface area contributed by atoms with Gasteiger partial charge in [0.1, 0.15) is 0 Å². The molecule has 0 bridgehead atoms. The smallest absolute Gasteiger partial charge is 0.191 e. The number of benzene rings is 1. The van der Waals surface area contributed by atoms with Crippen molar-refractivity contribution in [3.8, 4) is 0 Å². The first-order valence-electron chi connectivity index (χ1n) is 8.83. The third-order valence-corrected chi connectivity index (χ3v) is 5.65. The van der Waals surface area contributed by atoms with Crippen molar-refractivity contribution >= 4 is 27.6 Å². The molecule has 24 heavy (non-hydrogen) atoms. The zero-order chi connectivity index (χ0) is 16.9. The SMILES string of the molecule is CN=C(NCC1CCCN1C)NC1CCN(c2ccc(Br)cc2)C1. The van der Waals surface area contributed by atoms with Crippen LogP contribution in [0.1, 0.15) is 19.3 Å². The highest BCUT2D eigenvalue weighted by molar-refractivity contribution is 9.10. The Balaban J connectivity index is 1.47. The molecular formula is C18H28BrN5. The molecule has 132 valence electrons. The second-order valence-electron chi connectivity index (χ2n) is 6.78. The average Bonchev–Trinajstić information content (AvgIpc) is 3.21. The maximum atomic E-state index is 4.40. The molecule has 0 amide bonds. The highest BCUT2D eigenvalue weighted by Gasteiger charge is 2.24. The van der Waals surface area contributed by atoms with Gasteiger partial charge in [0.25, 0.3) is 0 Å². The van der Waals surface area contributed by atoms with Gasteiger partial charge < -0.3 is 20.4 Å². The van der Waals surface area contributed by atoms with E-state index in [-0.39, 0.29) is 0 Å². The molecule has 2 aliphatic rings. The van der Waals surface area contributed by atoms with Crippen molar-refractivity contribution < 1.29 is 0 Å². The van der Waals surface area contributed by atoms with Gasteiger partial charge in [-0.25, -0.2) is 0 Å². The Morgan fingerprint density at radius 1 is 1.25 bits per heavy atom. The van der Waals surface area contributed by atoms with Gasteiger partial charge in [-0.2, -0.15) is 0 Å². The number of nitrogens with one attached hydrogen (secondary N) is 2. The molecule has 6 heteroatoms. The summed E-state index contributed by atoms with van der Waals surface area (Å²) < 4.78 is 1.13. The van der Waals surface area contributed by atoms with Crippen LogP contribution in [0.15, 0.2) is 33.7 Å². The number of guanidine groups is 1. The Bertz CT molecular complexity index is 559. The minimum Gasteiger partial charge on any atom is -0.369 e. The van der Waals surface area contributed by atoms with Crippen molar-refractivity contribution in [2.24, 2.45) is 4.99 Å². The molecule has 2 N–H and O–H groups in total. The van der Waals surface area contributed by atoms with Gasteiger partial charge in [0, 0.05) is 48.9 Å². The minimum absolute atomic E-state index is 0.446. The van der Waals surface area contributed by atoms with Crippen LogP contribution in [0.4, 0.5) is 5.69 Å². The summed E-state index contributed by atoms with van der Waals surface area (Å²) >= 11 is 3.50. The van der Waals surface area contributed by atoms with Crippen LogP contribution in [-0.2, 0) is 0 Å². The van der Waals surface area contributed by atoms with E-state index in [1.54, 1.807) is 0 Å². The Hall–Kier alpha value is -1.27. The summed E-state index contributed by atoms with van der Waals surface area (Å²) in [4.78, 5) is 9.27. The summed E-state index contributed by atoms with van der Waals surface area (Å²) in [6, 6.07) is 9.64. The molecule has 0 aromatic heterocycles. The molecule has 2 saturated heterocycles. The fourth-order valence-corrected chi connectivity index (χ4v) is 3.87. The van der Waals surface area contributed by atoms with E-state index in [1.165, 1.54) is 25.1 Å². The maximum absolute atomic E-state index is 4.40. The molecule has 0 spiro atoms. The number of nitrogens with zero attached hydrogens (tertiary/aromatic N) is 3. The molecule has 2 atom stereocenters. The van der Waals surface area contributed by atoms with Gasteiger partial charge in [-0.3, -0.25) is 4.99 Å². The average molecular weight is 394 g/mol. The van der Waals surface area contributed by atoms with E-state index in [1.807, 2.05) is 7.05 Å². The molecule has 0 aliphatic carbocycles. The molecule has 1 aromatic rings. The predicted molar refractivity (Wildman–Crippen MR) is 105 cm³/mol. The van der Waals surface area contributed by atoms with Crippen LogP contribution in [0, 0.1) is 0 Å². The van der Waals surface area contributed by atoms with Crippen LogP contribution in [-0.4, -0.2) is 63.2 Å². The van der Waals surface area contributed by atoms with Crippen LogP contribution in [0.2, 0.25) is 0 Å². The molecular weight excluding hydrogens is 366 g/mol. The molecule has 5 nitrogen and oxygen atoms in total. The molecule has 2 unspecified atom stereocenters. The van der Waals surface area contributed by atoms with Gasteiger partial charge in [-0.1, -0.05) is 15.9 Å². The molecule has 2 aliphatic heterocycles.